The molecule has 0 spiro atoms. The fourth-order valence-corrected chi connectivity index (χ4v) is 3.20. The lowest BCUT2D eigenvalue weighted by molar-refractivity contribution is -0.123. The van der Waals surface area contributed by atoms with Crippen LogP contribution >= 0.6 is 15.9 Å². The SMILES string of the molecule is Cc1ccccc1C(=O)NC(C(=O)NCCc1ccccc1Br)C(C)C. The second-order valence-corrected chi connectivity index (χ2v) is 7.50. The van der Waals surface area contributed by atoms with E-state index in [1.54, 1.807) is 6.07 Å². The van der Waals surface area contributed by atoms with Crippen molar-refractivity contribution < 1.29 is 9.59 Å². The van der Waals surface area contributed by atoms with E-state index in [1.807, 2.05) is 63.2 Å². The first-order chi connectivity index (χ1) is 12.4. The summed E-state index contributed by atoms with van der Waals surface area (Å²) in [5.41, 5.74) is 2.62. The van der Waals surface area contributed by atoms with Crippen LogP contribution in [-0.2, 0) is 11.2 Å². The molecule has 1 unspecified atom stereocenters. The van der Waals surface area contributed by atoms with Crippen LogP contribution in [0.4, 0.5) is 0 Å². The third kappa shape index (κ3) is 5.43. The molecule has 0 aliphatic rings. The van der Waals surface area contributed by atoms with Crippen LogP contribution in [0.15, 0.2) is 53.0 Å². The van der Waals surface area contributed by atoms with Gasteiger partial charge in [0.05, 0.1) is 0 Å². The van der Waals surface area contributed by atoms with Crippen molar-refractivity contribution in [3.05, 3.63) is 69.7 Å². The van der Waals surface area contributed by atoms with Gasteiger partial charge >= 0.3 is 0 Å². The quantitative estimate of drug-likeness (QED) is 0.719. The molecule has 26 heavy (non-hydrogen) atoms. The molecule has 0 bridgehead atoms. The summed E-state index contributed by atoms with van der Waals surface area (Å²) in [6, 6.07) is 14.7. The van der Waals surface area contributed by atoms with Crippen LogP contribution in [0.5, 0.6) is 0 Å². The first-order valence-electron chi connectivity index (χ1n) is 8.77. The fourth-order valence-electron chi connectivity index (χ4n) is 2.71. The monoisotopic (exact) mass is 416 g/mol. The summed E-state index contributed by atoms with van der Waals surface area (Å²) in [4.78, 5) is 25.1. The maximum absolute atomic E-state index is 12.6. The van der Waals surface area contributed by atoms with Gasteiger partial charge in [0.2, 0.25) is 5.91 Å². The Kier molecular flexibility index (Phi) is 7.39. The van der Waals surface area contributed by atoms with Crippen LogP contribution in [0, 0.1) is 12.8 Å². The number of hydrogen-bond donors (Lipinski definition) is 2. The van der Waals surface area contributed by atoms with E-state index in [0.29, 0.717) is 12.1 Å². The number of carbonyl (C=O) groups is 2. The first kappa shape index (κ1) is 20.2. The predicted molar refractivity (Wildman–Crippen MR) is 108 cm³/mol. The number of benzene rings is 2. The van der Waals surface area contributed by atoms with E-state index >= 15 is 0 Å². The van der Waals surface area contributed by atoms with Crippen LogP contribution in [0.25, 0.3) is 0 Å². The Hall–Kier alpha value is -2.14. The minimum atomic E-state index is -0.568. The van der Waals surface area contributed by atoms with Gasteiger partial charge in [0.25, 0.3) is 5.91 Å². The third-order valence-electron chi connectivity index (χ3n) is 4.28. The van der Waals surface area contributed by atoms with E-state index in [-0.39, 0.29) is 17.7 Å². The smallest absolute Gasteiger partial charge is 0.252 e. The molecule has 0 aromatic heterocycles. The fraction of sp³-hybridized carbons (Fsp3) is 0.333. The van der Waals surface area contributed by atoms with Crippen molar-refractivity contribution in [3.63, 3.8) is 0 Å². The zero-order chi connectivity index (χ0) is 19.1. The second kappa shape index (κ2) is 9.53. The summed E-state index contributed by atoms with van der Waals surface area (Å²) >= 11 is 3.51. The second-order valence-electron chi connectivity index (χ2n) is 6.64. The molecule has 2 N–H and O–H groups in total. The largest absolute Gasteiger partial charge is 0.354 e. The molecule has 1 atom stereocenters. The van der Waals surface area contributed by atoms with Crippen LogP contribution in [-0.4, -0.2) is 24.4 Å². The molecular weight excluding hydrogens is 392 g/mol. The van der Waals surface area contributed by atoms with Crippen LogP contribution < -0.4 is 10.6 Å². The molecule has 0 saturated carbocycles. The number of nitrogens with one attached hydrogen (secondary N) is 2. The van der Waals surface area contributed by atoms with Crippen molar-refractivity contribution in [2.45, 2.75) is 33.2 Å². The Morgan fingerprint density at radius 2 is 1.69 bits per heavy atom. The van der Waals surface area contributed by atoms with Gasteiger partial charge in [-0.05, 0) is 42.5 Å². The van der Waals surface area contributed by atoms with Crippen molar-refractivity contribution in [2.24, 2.45) is 5.92 Å². The Bertz CT molecular complexity index is 774. The maximum atomic E-state index is 12.6. The number of amides is 2. The van der Waals surface area contributed by atoms with Crippen molar-refractivity contribution in [1.82, 2.24) is 10.6 Å². The normalized spacial score (nSPS) is 11.9. The molecule has 0 aliphatic heterocycles. The van der Waals surface area contributed by atoms with Crippen molar-refractivity contribution >= 4 is 27.7 Å². The molecule has 2 amide bonds. The van der Waals surface area contributed by atoms with Gasteiger partial charge in [-0.15, -0.1) is 0 Å². The maximum Gasteiger partial charge on any atom is 0.252 e. The molecule has 4 nitrogen and oxygen atoms in total. The summed E-state index contributed by atoms with van der Waals surface area (Å²) < 4.78 is 1.03. The van der Waals surface area contributed by atoms with Gasteiger partial charge in [-0.25, -0.2) is 0 Å². The van der Waals surface area contributed by atoms with Crippen molar-refractivity contribution in [1.29, 1.82) is 0 Å². The minimum Gasteiger partial charge on any atom is -0.354 e. The summed E-state index contributed by atoms with van der Waals surface area (Å²) in [5, 5.41) is 5.81. The summed E-state index contributed by atoms with van der Waals surface area (Å²) in [7, 11) is 0. The Morgan fingerprint density at radius 1 is 1.04 bits per heavy atom. The highest BCUT2D eigenvalue weighted by molar-refractivity contribution is 9.10. The molecule has 5 heteroatoms. The number of carbonyl (C=O) groups excluding carboxylic acids is 2. The molecule has 2 aromatic rings. The number of halogens is 1. The van der Waals surface area contributed by atoms with Crippen LogP contribution in [0.1, 0.15) is 35.3 Å². The number of rotatable bonds is 7. The zero-order valence-electron chi connectivity index (χ0n) is 15.4. The van der Waals surface area contributed by atoms with E-state index in [2.05, 4.69) is 26.6 Å². The summed E-state index contributed by atoms with van der Waals surface area (Å²) in [6.07, 6.45) is 0.726. The van der Waals surface area contributed by atoms with Gasteiger partial charge in [0.15, 0.2) is 0 Å². The highest BCUT2D eigenvalue weighted by Gasteiger charge is 2.24. The molecule has 2 rings (SSSR count). The highest BCUT2D eigenvalue weighted by atomic mass is 79.9. The van der Waals surface area contributed by atoms with Crippen LogP contribution in [0.3, 0.4) is 0 Å². The van der Waals surface area contributed by atoms with Gasteiger partial charge < -0.3 is 10.6 Å². The first-order valence-corrected chi connectivity index (χ1v) is 9.57. The van der Waals surface area contributed by atoms with Crippen molar-refractivity contribution in [3.8, 4) is 0 Å². The molecule has 0 saturated heterocycles. The molecule has 0 fully saturated rings. The average Bonchev–Trinajstić information content (AvgIpc) is 2.61. The Balaban J connectivity index is 1.96. The minimum absolute atomic E-state index is 0.00794. The summed E-state index contributed by atoms with van der Waals surface area (Å²) in [5.74, 6) is -0.386. The predicted octanol–water partition coefficient (Wildman–Crippen LogP) is 3.87. The lowest BCUT2D eigenvalue weighted by atomic mass is 10.0. The lowest BCUT2D eigenvalue weighted by Crippen LogP contribution is -2.50. The number of aryl methyl sites for hydroxylation is 1. The van der Waals surface area contributed by atoms with E-state index in [9.17, 15) is 9.59 Å². The Morgan fingerprint density at radius 3 is 2.35 bits per heavy atom. The molecule has 0 aliphatic carbocycles. The van der Waals surface area contributed by atoms with Crippen LogP contribution in [0.2, 0.25) is 0 Å². The van der Waals surface area contributed by atoms with E-state index in [1.165, 1.54) is 0 Å². The number of hydrogen-bond acceptors (Lipinski definition) is 2. The van der Waals surface area contributed by atoms with Crippen molar-refractivity contribution in [2.75, 3.05) is 6.54 Å². The standard InChI is InChI=1S/C21H25BrN2O2/c1-14(2)19(24-20(25)17-10-6-4-8-15(17)3)21(26)23-13-12-16-9-5-7-11-18(16)22/h4-11,14,19H,12-13H2,1-3H3,(H,23,26)(H,24,25). The molecule has 138 valence electrons. The molecule has 0 radical (unpaired) electrons. The topological polar surface area (TPSA) is 58.2 Å². The third-order valence-corrected chi connectivity index (χ3v) is 5.05. The average molecular weight is 417 g/mol. The van der Waals surface area contributed by atoms with Gasteiger partial charge in [0, 0.05) is 16.6 Å². The zero-order valence-corrected chi connectivity index (χ0v) is 17.0. The molecule has 2 aromatic carbocycles. The lowest BCUT2D eigenvalue weighted by Gasteiger charge is -2.22. The van der Waals surface area contributed by atoms with Gasteiger partial charge in [-0.2, -0.15) is 0 Å². The molecule has 0 heterocycles. The van der Waals surface area contributed by atoms with E-state index < -0.39 is 6.04 Å². The Labute approximate surface area is 163 Å². The van der Waals surface area contributed by atoms with E-state index in [0.717, 1.165) is 22.0 Å². The van der Waals surface area contributed by atoms with Gasteiger partial charge in [0.1, 0.15) is 6.04 Å². The summed E-state index contributed by atoms with van der Waals surface area (Å²) in [6.45, 7) is 6.26. The highest BCUT2D eigenvalue weighted by Crippen LogP contribution is 2.16. The van der Waals surface area contributed by atoms with Gasteiger partial charge in [-0.1, -0.05) is 66.2 Å². The molecular formula is C21H25BrN2O2. The van der Waals surface area contributed by atoms with E-state index in [4.69, 9.17) is 0 Å². The van der Waals surface area contributed by atoms with Gasteiger partial charge in [-0.3, -0.25) is 9.59 Å².